The fraction of sp³-hybridized carbons (Fsp3) is 0.364. The summed E-state index contributed by atoms with van der Waals surface area (Å²) in [4.78, 5) is 16.7. The van der Waals surface area contributed by atoms with E-state index in [1.165, 1.54) is 30.3 Å². The fourth-order valence-corrected chi connectivity index (χ4v) is 5.62. The lowest BCUT2D eigenvalue weighted by molar-refractivity contribution is 0.0492. The Labute approximate surface area is 264 Å². The molecule has 2 heterocycles. The van der Waals surface area contributed by atoms with Gasteiger partial charge in [0, 0.05) is 35.5 Å². The Bertz CT molecular complexity index is 1740. The Morgan fingerprint density at radius 1 is 1.11 bits per heavy atom. The second-order valence-corrected chi connectivity index (χ2v) is 12.7. The Kier molecular flexibility index (Phi) is 9.29. The number of aliphatic imine (C=N–C) groups is 1. The number of nitrogens with one attached hydrogen (secondary N) is 2. The maximum atomic E-state index is 14.0. The van der Waals surface area contributed by atoms with Crippen molar-refractivity contribution in [3.05, 3.63) is 82.4 Å². The van der Waals surface area contributed by atoms with Crippen molar-refractivity contribution in [2.45, 2.75) is 77.5 Å². The topological polar surface area (TPSA) is 106 Å². The second-order valence-electron chi connectivity index (χ2n) is 12.3. The molecule has 0 saturated heterocycles. The number of alkyl carbamates (subject to hydrolysis) is 1. The van der Waals surface area contributed by atoms with E-state index >= 15 is 0 Å². The summed E-state index contributed by atoms with van der Waals surface area (Å²) < 4.78 is 48.2. The molecule has 0 radical (unpaired) electrons. The summed E-state index contributed by atoms with van der Waals surface area (Å²) in [7, 11) is 0. The molecule has 1 fully saturated rings. The minimum atomic E-state index is -2.60. The third kappa shape index (κ3) is 7.70. The van der Waals surface area contributed by atoms with Crippen LogP contribution in [0.15, 0.2) is 59.9 Å². The smallest absolute Gasteiger partial charge is 0.407 e. The number of anilines is 1. The number of benzene rings is 2. The summed E-state index contributed by atoms with van der Waals surface area (Å²) in [5, 5.41) is 11.3. The van der Waals surface area contributed by atoms with Crippen molar-refractivity contribution in [1.29, 1.82) is 0 Å². The number of amides is 1. The Balaban J connectivity index is 1.49. The summed E-state index contributed by atoms with van der Waals surface area (Å²) in [6, 6.07) is 10.3. The molecule has 2 aromatic carbocycles. The number of aryl methyl sites for hydroxylation is 1. The third-order valence-corrected chi connectivity index (χ3v) is 8.00. The lowest BCUT2D eigenvalue weighted by Crippen LogP contribution is -2.42. The standard InChI is InChI=1S/C33H36ClF3N6O2/c1-18-5-6-19(30(36)37)13-24(18)20-14-28-29(40-22-8-10-23(11-9-22)41-32(44)45-33(2,3)4)25(16-39-43(28)17-20)31(38)42-27-15-21(35)7-12-26(27)34/h5-7,12-17,22-23,30,40H,8-11H2,1-4H3,(H2,38,42)(H,41,44). The van der Waals surface area contributed by atoms with Gasteiger partial charge in [0.15, 0.2) is 0 Å². The van der Waals surface area contributed by atoms with Gasteiger partial charge in [0.05, 0.1) is 33.7 Å². The van der Waals surface area contributed by atoms with Gasteiger partial charge in [0.2, 0.25) is 0 Å². The Morgan fingerprint density at radius 3 is 2.51 bits per heavy atom. The highest BCUT2D eigenvalue weighted by Gasteiger charge is 2.26. The molecule has 1 aliphatic rings. The number of carbonyl (C=O) groups is 1. The van der Waals surface area contributed by atoms with E-state index < -0.39 is 23.9 Å². The van der Waals surface area contributed by atoms with E-state index in [4.69, 9.17) is 22.1 Å². The number of halogens is 4. The highest BCUT2D eigenvalue weighted by molar-refractivity contribution is 6.33. The van der Waals surface area contributed by atoms with E-state index in [0.717, 1.165) is 31.2 Å². The van der Waals surface area contributed by atoms with Crippen LogP contribution in [0.5, 0.6) is 0 Å². The van der Waals surface area contributed by atoms with Gasteiger partial charge in [-0.25, -0.2) is 27.5 Å². The zero-order valence-corrected chi connectivity index (χ0v) is 26.3. The number of fused-ring (bicyclic) bond motifs is 1. The largest absolute Gasteiger partial charge is 0.444 e. The van der Waals surface area contributed by atoms with E-state index in [9.17, 15) is 18.0 Å². The second kappa shape index (κ2) is 13.0. The SMILES string of the molecule is Cc1ccc(C(F)F)cc1-c1cc2c(NC3CCC(NC(=O)OC(C)(C)C)CC3)c(C(N)=Nc3cc(F)ccc3Cl)cnn2c1. The van der Waals surface area contributed by atoms with Crippen molar-refractivity contribution >= 4 is 40.4 Å². The molecule has 0 spiro atoms. The lowest BCUT2D eigenvalue weighted by Gasteiger charge is -2.31. The van der Waals surface area contributed by atoms with Crippen LogP contribution in [-0.2, 0) is 4.74 Å². The summed E-state index contributed by atoms with van der Waals surface area (Å²) in [5.74, 6) is -0.439. The van der Waals surface area contributed by atoms with Gasteiger partial charge >= 0.3 is 6.09 Å². The molecule has 0 aliphatic heterocycles. The number of hydrogen-bond acceptors (Lipinski definition) is 5. The predicted molar refractivity (Wildman–Crippen MR) is 171 cm³/mol. The molecule has 4 aromatic rings. The van der Waals surface area contributed by atoms with Gasteiger partial charge in [-0.3, -0.25) is 0 Å². The summed E-state index contributed by atoms with van der Waals surface area (Å²) >= 11 is 6.27. The summed E-state index contributed by atoms with van der Waals surface area (Å²) in [6.45, 7) is 7.33. The van der Waals surface area contributed by atoms with Gasteiger partial charge in [0.25, 0.3) is 6.43 Å². The van der Waals surface area contributed by atoms with Crippen LogP contribution >= 0.6 is 11.6 Å². The number of nitrogens with two attached hydrogens (primary N) is 1. The van der Waals surface area contributed by atoms with Crippen LogP contribution in [0.25, 0.3) is 16.6 Å². The van der Waals surface area contributed by atoms with Crippen molar-refractivity contribution in [3.8, 4) is 11.1 Å². The van der Waals surface area contributed by atoms with Gasteiger partial charge in [-0.2, -0.15) is 5.10 Å². The van der Waals surface area contributed by atoms with Crippen LogP contribution in [0.2, 0.25) is 5.02 Å². The number of carbonyl (C=O) groups excluding carboxylic acids is 1. The maximum absolute atomic E-state index is 14.0. The zero-order valence-electron chi connectivity index (χ0n) is 25.5. The highest BCUT2D eigenvalue weighted by atomic mass is 35.5. The molecule has 2 aromatic heterocycles. The first-order valence-electron chi connectivity index (χ1n) is 14.7. The molecule has 4 N–H and O–H groups in total. The number of aromatic nitrogens is 2. The Morgan fingerprint density at radius 2 is 1.82 bits per heavy atom. The van der Waals surface area contributed by atoms with Gasteiger partial charge in [-0.05, 0) is 88.8 Å². The molecule has 1 aliphatic carbocycles. The first kappa shape index (κ1) is 32.2. The number of ether oxygens (including phenoxy) is 1. The van der Waals surface area contributed by atoms with E-state index in [2.05, 4.69) is 20.7 Å². The minimum absolute atomic E-state index is 0.0134. The first-order valence-corrected chi connectivity index (χ1v) is 15.1. The number of hydrogen-bond donors (Lipinski definition) is 3. The molecule has 0 unspecified atom stereocenters. The van der Waals surface area contributed by atoms with Gasteiger partial charge in [-0.15, -0.1) is 0 Å². The van der Waals surface area contributed by atoms with Gasteiger partial charge in [-0.1, -0.05) is 23.7 Å². The van der Waals surface area contributed by atoms with E-state index in [1.54, 1.807) is 23.0 Å². The monoisotopic (exact) mass is 640 g/mol. The lowest BCUT2D eigenvalue weighted by atomic mass is 9.91. The summed E-state index contributed by atoms with van der Waals surface area (Å²) in [6.07, 6.45) is 3.22. The molecule has 238 valence electrons. The number of alkyl halides is 2. The molecule has 1 amide bonds. The van der Waals surface area contributed by atoms with E-state index in [1.807, 2.05) is 33.8 Å². The van der Waals surface area contributed by atoms with Crippen molar-refractivity contribution in [2.75, 3.05) is 5.32 Å². The van der Waals surface area contributed by atoms with Gasteiger partial charge < -0.3 is 21.1 Å². The molecule has 0 bridgehead atoms. The number of rotatable bonds is 7. The van der Waals surface area contributed by atoms with E-state index in [-0.39, 0.29) is 34.2 Å². The van der Waals surface area contributed by atoms with Crippen LogP contribution in [0.1, 0.15) is 69.6 Å². The normalized spacial score (nSPS) is 17.5. The van der Waals surface area contributed by atoms with E-state index in [0.29, 0.717) is 27.9 Å². The maximum Gasteiger partial charge on any atom is 0.407 e. The molecule has 8 nitrogen and oxygen atoms in total. The fourth-order valence-electron chi connectivity index (χ4n) is 5.46. The molecule has 45 heavy (non-hydrogen) atoms. The Hall–Kier alpha value is -4.25. The van der Waals surface area contributed by atoms with Crippen molar-refractivity contribution in [1.82, 2.24) is 14.9 Å². The van der Waals surface area contributed by atoms with Crippen LogP contribution in [0.3, 0.4) is 0 Å². The highest BCUT2D eigenvalue weighted by Crippen LogP contribution is 2.35. The zero-order chi connectivity index (χ0) is 32.5. The number of amidine groups is 1. The predicted octanol–water partition coefficient (Wildman–Crippen LogP) is 8.32. The van der Waals surface area contributed by atoms with Crippen molar-refractivity contribution < 1.29 is 22.7 Å². The van der Waals surface area contributed by atoms with Crippen molar-refractivity contribution in [3.63, 3.8) is 0 Å². The van der Waals surface area contributed by atoms with Crippen LogP contribution in [-0.4, -0.2) is 39.2 Å². The molecule has 5 rings (SSSR count). The quantitative estimate of drug-likeness (QED) is 0.139. The third-order valence-electron chi connectivity index (χ3n) is 7.68. The molecule has 0 atom stereocenters. The molecular weight excluding hydrogens is 605 g/mol. The average molecular weight is 641 g/mol. The summed E-state index contributed by atoms with van der Waals surface area (Å²) in [5.41, 5.74) is 9.98. The average Bonchev–Trinajstić information content (AvgIpc) is 3.40. The number of nitrogens with zero attached hydrogens (tertiary/aromatic N) is 3. The molecule has 12 heteroatoms. The van der Waals surface area contributed by atoms with Crippen LogP contribution in [0, 0.1) is 12.7 Å². The molecular formula is C33H36ClF3N6O2. The van der Waals surface area contributed by atoms with Gasteiger partial charge in [0.1, 0.15) is 17.3 Å². The first-order chi connectivity index (χ1) is 21.3. The van der Waals surface area contributed by atoms with Crippen molar-refractivity contribution in [2.24, 2.45) is 10.7 Å². The van der Waals surface area contributed by atoms with Crippen LogP contribution in [0.4, 0.5) is 29.3 Å². The minimum Gasteiger partial charge on any atom is -0.444 e. The molecule has 1 saturated carbocycles. The van der Waals surface area contributed by atoms with Crippen LogP contribution < -0.4 is 16.4 Å².